The van der Waals surface area contributed by atoms with E-state index in [0.717, 1.165) is 22.7 Å². The summed E-state index contributed by atoms with van der Waals surface area (Å²) in [6, 6.07) is 6.92. The van der Waals surface area contributed by atoms with Crippen LogP contribution in [0.1, 0.15) is 32.7 Å². The summed E-state index contributed by atoms with van der Waals surface area (Å²) in [5, 5.41) is 2.82. The minimum absolute atomic E-state index is 0.0147. The molecule has 0 bridgehead atoms. The number of thioether (sulfide) groups is 1. The van der Waals surface area contributed by atoms with Crippen molar-refractivity contribution in [2.45, 2.75) is 18.6 Å². The normalized spacial score (nSPS) is 19.0. The lowest BCUT2D eigenvalue weighted by atomic mass is 10.1. The number of aromatic nitrogens is 1. The van der Waals surface area contributed by atoms with Gasteiger partial charge in [0.05, 0.1) is 5.01 Å². The Hall–Kier alpha value is -1.40. The molecule has 0 spiro atoms. The van der Waals surface area contributed by atoms with Crippen molar-refractivity contribution in [3.8, 4) is 0 Å². The Morgan fingerprint density at radius 3 is 2.91 bits per heavy atom. The maximum absolute atomic E-state index is 13.9. The van der Waals surface area contributed by atoms with Gasteiger partial charge in [0.2, 0.25) is 0 Å². The van der Waals surface area contributed by atoms with E-state index in [1.165, 1.54) is 17.4 Å². The average Bonchev–Trinajstić information content (AvgIpc) is 2.81. The first-order valence-electron chi connectivity index (χ1n) is 7.22. The van der Waals surface area contributed by atoms with Crippen LogP contribution in [0.5, 0.6) is 0 Å². The highest BCUT2D eigenvalue weighted by Crippen LogP contribution is 2.35. The third-order valence-corrected chi connectivity index (χ3v) is 5.80. The molecule has 0 aliphatic carbocycles. The van der Waals surface area contributed by atoms with Crippen molar-refractivity contribution in [3.05, 3.63) is 51.7 Å². The van der Waals surface area contributed by atoms with Crippen LogP contribution in [-0.4, -0.2) is 34.6 Å². The minimum atomic E-state index is -0.157. The summed E-state index contributed by atoms with van der Waals surface area (Å²) in [5.41, 5.74) is 1.27. The molecule has 1 aromatic heterocycles. The van der Waals surface area contributed by atoms with Crippen molar-refractivity contribution >= 4 is 29.0 Å². The fourth-order valence-corrected chi connectivity index (χ4v) is 4.42. The molecule has 22 heavy (non-hydrogen) atoms. The van der Waals surface area contributed by atoms with E-state index in [1.807, 2.05) is 29.3 Å². The van der Waals surface area contributed by atoms with Crippen LogP contribution in [0.15, 0.2) is 29.6 Å². The van der Waals surface area contributed by atoms with E-state index >= 15 is 0 Å². The van der Waals surface area contributed by atoms with E-state index in [9.17, 15) is 9.18 Å². The maximum atomic E-state index is 13.9. The molecule has 2 heterocycles. The van der Waals surface area contributed by atoms with E-state index in [-0.39, 0.29) is 17.0 Å². The first kappa shape index (κ1) is 15.5. The molecule has 6 heteroatoms. The van der Waals surface area contributed by atoms with E-state index in [2.05, 4.69) is 4.98 Å². The zero-order valence-electron chi connectivity index (χ0n) is 12.3. The largest absolute Gasteiger partial charge is 0.336 e. The Labute approximate surface area is 137 Å². The van der Waals surface area contributed by atoms with Gasteiger partial charge in [-0.25, -0.2) is 9.37 Å². The predicted molar refractivity (Wildman–Crippen MR) is 89.0 cm³/mol. The fourth-order valence-electron chi connectivity index (χ4n) is 2.58. The molecule has 1 fully saturated rings. The number of amides is 1. The lowest BCUT2D eigenvalue weighted by Crippen LogP contribution is -2.33. The van der Waals surface area contributed by atoms with Crippen LogP contribution in [0.3, 0.4) is 0 Å². The van der Waals surface area contributed by atoms with Gasteiger partial charge in [-0.3, -0.25) is 4.79 Å². The van der Waals surface area contributed by atoms with Crippen LogP contribution in [0, 0.1) is 12.7 Å². The third-order valence-electron chi connectivity index (χ3n) is 3.72. The average molecular weight is 336 g/mol. The number of hydrogen-bond donors (Lipinski definition) is 0. The highest BCUT2D eigenvalue weighted by molar-refractivity contribution is 7.99. The van der Waals surface area contributed by atoms with Gasteiger partial charge in [-0.15, -0.1) is 11.3 Å². The van der Waals surface area contributed by atoms with Gasteiger partial charge < -0.3 is 4.90 Å². The Kier molecular flexibility index (Phi) is 4.78. The second-order valence-corrected chi connectivity index (χ2v) is 7.59. The highest BCUT2D eigenvalue weighted by atomic mass is 32.2. The monoisotopic (exact) mass is 336 g/mol. The van der Waals surface area contributed by atoms with Gasteiger partial charge in [0.25, 0.3) is 5.91 Å². The zero-order valence-corrected chi connectivity index (χ0v) is 13.9. The molecule has 1 aromatic carbocycles. The van der Waals surface area contributed by atoms with Crippen LogP contribution < -0.4 is 0 Å². The summed E-state index contributed by atoms with van der Waals surface area (Å²) >= 11 is 3.21. The molecule has 1 aliphatic heterocycles. The topological polar surface area (TPSA) is 33.2 Å². The lowest BCUT2D eigenvalue weighted by Gasteiger charge is -2.19. The molecule has 3 nitrogen and oxygen atoms in total. The van der Waals surface area contributed by atoms with Crippen LogP contribution >= 0.6 is 23.1 Å². The van der Waals surface area contributed by atoms with Gasteiger partial charge in [-0.2, -0.15) is 11.8 Å². The van der Waals surface area contributed by atoms with Crippen LogP contribution in [0.2, 0.25) is 0 Å². The second-order valence-electron chi connectivity index (χ2n) is 5.21. The summed E-state index contributed by atoms with van der Waals surface area (Å²) in [6.07, 6.45) is 0.764. The molecule has 3 rings (SSSR count). The summed E-state index contributed by atoms with van der Waals surface area (Å²) in [5.74, 6) is 0.641. The standard InChI is InChI=1S/C16H17FN2OS2/c1-11-18-14(10-22-11)16(20)19-7-6-15(21-9-8-19)12-4-2-3-5-13(12)17/h2-5,10,15H,6-9H2,1H3/t15-/m1/s1. The minimum Gasteiger partial charge on any atom is -0.336 e. The summed E-state index contributed by atoms with van der Waals surface area (Å²) in [6.45, 7) is 3.22. The molecule has 0 saturated carbocycles. The number of aryl methyl sites for hydroxylation is 1. The molecule has 1 aliphatic rings. The van der Waals surface area contributed by atoms with Gasteiger partial charge in [0.15, 0.2) is 0 Å². The smallest absolute Gasteiger partial charge is 0.273 e. The number of hydrogen-bond acceptors (Lipinski definition) is 4. The Bertz CT molecular complexity index is 674. The first-order chi connectivity index (χ1) is 10.6. The van der Waals surface area contributed by atoms with Crippen LogP contribution in [-0.2, 0) is 0 Å². The van der Waals surface area contributed by atoms with Crippen molar-refractivity contribution in [2.75, 3.05) is 18.8 Å². The maximum Gasteiger partial charge on any atom is 0.273 e. The summed E-state index contributed by atoms with van der Waals surface area (Å²) < 4.78 is 13.9. The van der Waals surface area contributed by atoms with Gasteiger partial charge in [-0.1, -0.05) is 18.2 Å². The Morgan fingerprint density at radius 1 is 1.36 bits per heavy atom. The first-order valence-corrected chi connectivity index (χ1v) is 9.15. The molecule has 0 unspecified atom stereocenters. The summed E-state index contributed by atoms with van der Waals surface area (Å²) in [4.78, 5) is 18.6. The molecular formula is C16H17FN2OS2. The van der Waals surface area contributed by atoms with Crippen molar-refractivity contribution in [3.63, 3.8) is 0 Å². The molecular weight excluding hydrogens is 319 g/mol. The highest BCUT2D eigenvalue weighted by Gasteiger charge is 2.25. The van der Waals surface area contributed by atoms with Crippen molar-refractivity contribution in [2.24, 2.45) is 0 Å². The number of halogens is 1. The molecule has 2 aromatic rings. The van der Waals surface area contributed by atoms with Gasteiger partial charge in [0, 0.05) is 35.0 Å². The SMILES string of the molecule is Cc1nc(C(=O)N2CCS[C@@H](c3ccccc3F)CC2)cs1. The van der Waals surface area contributed by atoms with Crippen molar-refractivity contribution in [1.82, 2.24) is 9.88 Å². The number of benzene rings is 1. The zero-order chi connectivity index (χ0) is 15.5. The van der Waals surface area contributed by atoms with Crippen LogP contribution in [0.25, 0.3) is 0 Å². The number of thiazole rings is 1. The van der Waals surface area contributed by atoms with E-state index in [4.69, 9.17) is 0 Å². The predicted octanol–water partition coefficient (Wildman–Crippen LogP) is 3.91. The Morgan fingerprint density at radius 2 is 2.18 bits per heavy atom. The number of rotatable bonds is 2. The lowest BCUT2D eigenvalue weighted by molar-refractivity contribution is 0.0761. The molecule has 116 valence electrons. The molecule has 1 amide bonds. The van der Waals surface area contributed by atoms with E-state index < -0.39 is 0 Å². The van der Waals surface area contributed by atoms with Crippen LogP contribution in [0.4, 0.5) is 4.39 Å². The third kappa shape index (κ3) is 3.33. The van der Waals surface area contributed by atoms with E-state index in [0.29, 0.717) is 18.8 Å². The summed E-state index contributed by atoms with van der Waals surface area (Å²) in [7, 11) is 0. The molecule has 1 saturated heterocycles. The van der Waals surface area contributed by atoms with Gasteiger partial charge in [0.1, 0.15) is 11.5 Å². The molecule has 1 atom stereocenters. The van der Waals surface area contributed by atoms with Crippen molar-refractivity contribution < 1.29 is 9.18 Å². The number of nitrogens with zero attached hydrogens (tertiary/aromatic N) is 2. The second kappa shape index (κ2) is 6.79. The Balaban J connectivity index is 1.70. The molecule has 0 N–H and O–H groups in total. The fraction of sp³-hybridized carbons (Fsp3) is 0.375. The van der Waals surface area contributed by atoms with Crippen molar-refractivity contribution in [1.29, 1.82) is 0 Å². The quantitative estimate of drug-likeness (QED) is 0.833. The van der Waals surface area contributed by atoms with E-state index in [1.54, 1.807) is 17.8 Å². The number of carbonyl (C=O) groups excluding carboxylic acids is 1. The molecule has 0 radical (unpaired) electrons. The van der Waals surface area contributed by atoms with Gasteiger partial charge in [-0.05, 0) is 19.4 Å². The number of carbonyl (C=O) groups is 1. The van der Waals surface area contributed by atoms with Gasteiger partial charge >= 0.3 is 0 Å².